The lowest BCUT2D eigenvalue weighted by molar-refractivity contribution is 0.590. The van der Waals surface area contributed by atoms with Gasteiger partial charge in [-0.25, -0.2) is 4.79 Å². The van der Waals surface area contributed by atoms with Gasteiger partial charge < -0.3 is 4.98 Å². The second kappa shape index (κ2) is 8.39. The third-order valence-corrected chi connectivity index (χ3v) is 5.81. The summed E-state index contributed by atoms with van der Waals surface area (Å²) in [5.41, 5.74) is 2.78. The van der Waals surface area contributed by atoms with Crippen molar-refractivity contribution in [2.24, 2.45) is 0 Å². The van der Waals surface area contributed by atoms with Crippen LogP contribution in [-0.2, 0) is 11.2 Å². The van der Waals surface area contributed by atoms with Crippen LogP contribution in [0.1, 0.15) is 32.0 Å². The number of para-hydroxylation sites is 1. The van der Waals surface area contributed by atoms with Crippen molar-refractivity contribution in [1.29, 1.82) is 0 Å². The molecule has 31 heavy (non-hydrogen) atoms. The topological polar surface area (TPSA) is 96.4 Å². The summed E-state index contributed by atoms with van der Waals surface area (Å²) >= 11 is 1.40. The van der Waals surface area contributed by atoms with Crippen LogP contribution < -0.4 is 11.2 Å². The highest BCUT2D eigenvalue weighted by Gasteiger charge is 2.18. The zero-order valence-corrected chi connectivity index (χ0v) is 18.4. The number of nitrogens with zero attached hydrogens (tertiary/aromatic N) is 3. The summed E-state index contributed by atoms with van der Waals surface area (Å²) in [6.07, 6.45) is 0. The van der Waals surface area contributed by atoms with Crippen molar-refractivity contribution in [3.8, 4) is 17.1 Å². The monoisotopic (exact) mass is 433 g/mol. The molecule has 2 aromatic carbocycles. The molecule has 0 saturated heterocycles. The number of benzene rings is 2. The number of thioether (sulfide) groups is 1. The molecule has 7 nitrogen and oxygen atoms in total. The Morgan fingerprint density at radius 1 is 0.935 bits per heavy atom. The Bertz CT molecular complexity index is 1270. The van der Waals surface area contributed by atoms with Crippen LogP contribution in [0.25, 0.3) is 17.1 Å². The van der Waals surface area contributed by atoms with Crippen LogP contribution in [0.15, 0.2) is 75.4 Å². The summed E-state index contributed by atoms with van der Waals surface area (Å²) < 4.78 is 1.99. The maximum Gasteiger partial charge on any atom is 0.325 e. The SMILES string of the molecule is CC(C)(C)c1ccc(-c2nnc(SCc3cc(=O)[nH]c(=O)[nH]3)n2-c2ccccc2)cc1. The third-order valence-electron chi connectivity index (χ3n) is 4.83. The van der Waals surface area contributed by atoms with Gasteiger partial charge in [-0.15, -0.1) is 10.2 Å². The zero-order valence-electron chi connectivity index (χ0n) is 17.5. The highest BCUT2D eigenvalue weighted by Crippen LogP contribution is 2.30. The second-order valence-electron chi connectivity index (χ2n) is 8.21. The standard InChI is InChI=1S/C23H23N5O2S/c1-23(2,3)16-11-9-15(10-12-16)20-26-27-22(28(20)18-7-5-4-6-8-18)31-14-17-13-19(29)25-21(30)24-17/h4-13H,14H2,1-3H3,(H2,24,25,29,30). The summed E-state index contributed by atoms with van der Waals surface area (Å²) in [5.74, 6) is 1.11. The molecule has 0 aliphatic carbocycles. The molecule has 0 bridgehead atoms. The van der Waals surface area contributed by atoms with E-state index < -0.39 is 11.2 Å². The van der Waals surface area contributed by atoms with Gasteiger partial charge in [0.1, 0.15) is 0 Å². The fourth-order valence-electron chi connectivity index (χ4n) is 3.22. The molecule has 0 fully saturated rings. The van der Waals surface area contributed by atoms with E-state index in [1.807, 2.05) is 34.9 Å². The Labute approximate surface area is 183 Å². The minimum absolute atomic E-state index is 0.0666. The van der Waals surface area contributed by atoms with Gasteiger partial charge in [0, 0.05) is 28.8 Å². The lowest BCUT2D eigenvalue weighted by Gasteiger charge is -2.19. The van der Waals surface area contributed by atoms with E-state index in [2.05, 4.69) is 65.2 Å². The predicted molar refractivity (Wildman–Crippen MR) is 123 cm³/mol. The van der Waals surface area contributed by atoms with E-state index in [0.717, 1.165) is 17.1 Å². The van der Waals surface area contributed by atoms with Gasteiger partial charge in [-0.1, -0.05) is 75.0 Å². The normalized spacial score (nSPS) is 11.6. The molecule has 2 N–H and O–H groups in total. The molecule has 0 saturated carbocycles. The molecule has 0 unspecified atom stereocenters. The van der Waals surface area contributed by atoms with Gasteiger partial charge in [0.25, 0.3) is 5.56 Å². The average Bonchev–Trinajstić information content (AvgIpc) is 3.16. The van der Waals surface area contributed by atoms with E-state index >= 15 is 0 Å². The lowest BCUT2D eigenvalue weighted by Crippen LogP contribution is -2.22. The molecule has 0 spiro atoms. The largest absolute Gasteiger partial charge is 0.325 e. The number of hydrogen-bond acceptors (Lipinski definition) is 5. The second-order valence-corrected chi connectivity index (χ2v) is 9.15. The lowest BCUT2D eigenvalue weighted by atomic mass is 9.87. The molecule has 8 heteroatoms. The van der Waals surface area contributed by atoms with Gasteiger partial charge in [0.15, 0.2) is 11.0 Å². The average molecular weight is 434 g/mol. The Morgan fingerprint density at radius 3 is 2.29 bits per heavy atom. The quantitative estimate of drug-likeness (QED) is 0.465. The molecule has 0 amide bonds. The van der Waals surface area contributed by atoms with Crippen molar-refractivity contribution in [1.82, 2.24) is 24.7 Å². The summed E-state index contributed by atoms with van der Waals surface area (Å²) in [5, 5.41) is 9.52. The van der Waals surface area contributed by atoms with Gasteiger partial charge in [0.05, 0.1) is 0 Å². The minimum atomic E-state index is -0.521. The first-order valence-corrected chi connectivity index (χ1v) is 10.9. The Kier molecular flexibility index (Phi) is 5.65. The van der Waals surface area contributed by atoms with E-state index in [1.165, 1.54) is 23.4 Å². The fourth-order valence-corrected chi connectivity index (χ4v) is 4.08. The van der Waals surface area contributed by atoms with Crippen LogP contribution in [0.4, 0.5) is 0 Å². The number of H-pyrrole nitrogens is 2. The first kappa shape index (κ1) is 20.9. The van der Waals surface area contributed by atoms with Crippen LogP contribution in [0.5, 0.6) is 0 Å². The van der Waals surface area contributed by atoms with Gasteiger partial charge in [-0.3, -0.25) is 14.3 Å². The van der Waals surface area contributed by atoms with Crippen LogP contribution in [0.2, 0.25) is 0 Å². The van der Waals surface area contributed by atoms with Gasteiger partial charge >= 0.3 is 5.69 Å². The smallest absolute Gasteiger partial charge is 0.310 e. The first-order chi connectivity index (χ1) is 14.8. The third kappa shape index (κ3) is 4.69. The summed E-state index contributed by atoms with van der Waals surface area (Å²) in [6, 6.07) is 19.6. The number of hydrogen-bond donors (Lipinski definition) is 2. The molecule has 158 valence electrons. The Morgan fingerprint density at radius 2 is 1.65 bits per heavy atom. The molecule has 4 aromatic rings. The molecule has 0 radical (unpaired) electrons. The molecule has 4 rings (SSSR count). The van der Waals surface area contributed by atoms with Crippen molar-refractivity contribution in [2.45, 2.75) is 37.1 Å². The molecule has 0 aliphatic rings. The van der Waals surface area contributed by atoms with Gasteiger partial charge in [0.2, 0.25) is 0 Å². The predicted octanol–water partition coefficient (Wildman–Crippen LogP) is 3.90. The Hall–Kier alpha value is -3.39. The molecule has 2 heterocycles. The van der Waals surface area contributed by atoms with Crippen molar-refractivity contribution in [2.75, 3.05) is 0 Å². The number of nitrogens with one attached hydrogen (secondary N) is 2. The molecule has 0 atom stereocenters. The van der Waals surface area contributed by atoms with Crippen molar-refractivity contribution in [3.63, 3.8) is 0 Å². The maximum absolute atomic E-state index is 11.6. The van der Waals surface area contributed by atoms with E-state index in [-0.39, 0.29) is 5.41 Å². The highest BCUT2D eigenvalue weighted by atomic mass is 32.2. The Balaban J connectivity index is 1.72. The van der Waals surface area contributed by atoms with E-state index in [1.54, 1.807) is 0 Å². The van der Waals surface area contributed by atoms with Crippen molar-refractivity contribution >= 4 is 11.8 Å². The molecular formula is C23H23N5O2S. The number of rotatable bonds is 5. The molecule has 0 aliphatic heterocycles. The van der Waals surface area contributed by atoms with Crippen LogP contribution >= 0.6 is 11.8 Å². The van der Waals surface area contributed by atoms with Gasteiger partial charge in [-0.2, -0.15) is 0 Å². The van der Waals surface area contributed by atoms with Crippen LogP contribution in [0.3, 0.4) is 0 Å². The maximum atomic E-state index is 11.6. The van der Waals surface area contributed by atoms with Crippen LogP contribution in [-0.4, -0.2) is 24.7 Å². The zero-order chi connectivity index (χ0) is 22.0. The van der Waals surface area contributed by atoms with Crippen LogP contribution in [0, 0.1) is 0 Å². The molecule has 2 aromatic heterocycles. The van der Waals surface area contributed by atoms with Gasteiger partial charge in [-0.05, 0) is 23.1 Å². The van der Waals surface area contributed by atoms with E-state index in [4.69, 9.17) is 0 Å². The molecular weight excluding hydrogens is 410 g/mol. The summed E-state index contributed by atoms with van der Waals surface area (Å²) in [4.78, 5) is 27.9. The van der Waals surface area contributed by atoms with E-state index in [0.29, 0.717) is 16.6 Å². The number of aromatic nitrogens is 5. The van der Waals surface area contributed by atoms with Crippen molar-refractivity contribution < 1.29 is 0 Å². The van der Waals surface area contributed by atoms with Crippen molar-refractivity contribution in [3.05, 3.63) is 92.8 Å². The highest BCUT2D eigenvalue weighted by molar-refractivity contribution is 7.98. The first-order valence-electron chi connectivity index (χ1n) is 9.88. The number of aromatic amines is 2. The summed E-state index contributed by atoms with van der Waals surface area (Å²) in [6.45, 7) is 6.55. The summed E-state index contributed by atoms with van der Waals surface area (Å²) in [7, 11) is 0. The minimum Gasteiger partial charge on any atom is -0.310 e. The fraction of sp³-hybridized carbons (Fsp3) is 0.217. The van der Waals surface area contributed by atoms with E-state index in [9.17, 15) is 9.59 Å².